The van der Waals surface area contributed by atoms with Crippen molar-refractivity contribution in [2.75, 3.05) is 25.5 Å². The zero-order valence-corrected chi connectivity index (χ0v) is 14.2. The van der Waals surface area contributed by atoms with E-state index in [2.05, 4.69) is 10.6 Å². The van der Waals surface area contributed by atoms with Gasteiger partial charge in [0, 0.05) is 11.7 Å². The maximum absolute atomic E-state index is 12.1. The molecule has 5 heteroatoms. The second-order valence-corrected chi connectivity index (χ2v) is 5.86. The fraction of sp³-hybridized carbons (Fsp3) is 0.529. The first-order valence-electron chi connectivity index (χ1n) is 7.67. The van der Waals surface area contributed by atoms with Crippen LogP contribution in [0.3, 0.4) is 0 Å². The first-order chi connectivity index (χ1) is 10.3. The largest absolute Gasteiger partial charge is 0.353 e. The Kier molecular flexibility index (Phi) is 7.05. The van der Waals surface area contributed by atoms with Crippen LogP contribution in [0.2, 0.25) is 0 Å². The van der Waals surface area contributed by atoms with Crippen molar-refractivity contribution in [1.29, 1.82) is 0 Å². The molecule has 22 heavy (non-hydrogen) atoms. The van der Waals surface area contributed by atoms with E-state index >= 15 is 0 Å². The smallest absolute Gasteiger partial charge is 0.238 e. The van der Waals surface area contributed by atoms with E-state index in [1.54, 1.807) is 11.9 Å². The van der Waals surface area contributed by atoms with Crippen LogP contribution in [0.1, 0.15) is 31.4 Å². The number of para-hydroxylation sites is 1. The molecule has 1 atom stereocenters. The van der Waals surface area contributed by atoms with Crippen LogP contribution in [0, 0.1) is 13.8 Å². The number of nitrogens with one attached hydrogen (secondary N) is 2. The molecule has 0 spiro atoms. The van der Waals surface area contributed by atoms with Gasteiger partial charge >= 0.3 is 0 Å². The normalized spacial score (nSPS) is 12.1. The third kappa shape index (κ3) is 5.85. The molecule has 2 amide bonds. The van der Waals surface area contributed by atoms with Crippen LogP contribution in [0.4, 0.5) is 5.69 Å². The summed E-state index contributed by atoms with van der Waals surface area (Å²) in [5.41, 5.74) is 2.92. The van der Waals surface area contributed by atoms with Crippen molar-refractivity contribution in [3.8, 4) is 0 Å². The number of carbonyl (C=O) groups excluding carboxylic acids is 2. The standard InChI is InChI=1S/C17H27N3O2/c1-6-14(4)18-15(21)10-20(5)11-16(22)19-17-12(2)8-7-9-13(17)3/h7-9,14H,6,10-11H2,1-5H3,(H,18,21)(H,19,22)/t14-/m1/s1. The van der Waals surface area contributed by atoms with Crippen molar-refractivity contribution < 1.29 is 9.59 Å². The molecular weight excluding hydrogens is 278 g/mol. The summed E-state index contributed by atoms with van der Waals surface area (Å²) in [5.74, 6) is -0.173. The summed E-state index contributed by atoms with van der Waals surface area (Å²) in [5, 5.41) is 5.81. The number of rotatable bonds is 7. The molecule has 0 saturated heterocycles. The van der Waals surface area contributed by atoms with Crippen molar-refractivity contribution in [3.05, 3.63) is 29.3 Å². The Labute approximate surface area is 133 Å². The quantitative estimate of drug-likeness (QED) is 0.811. The Morgan fingerprint density at radius 1 is 1.14 bits per heavy atom. The van der Waals surface area contributed by atoms with E-state index in [-0.39, 0.29) is 30.9 Å². The van der Waals surface area contributed by atoms with Crippen molar-refractivity contribution in [1.82, 2.24) is 10.2 Å². The second kappa shape index (κ2) is 8.54. The van der Waals surface area contributed by atoms with E-state index in [1.165, 1.54) is 0 Å². The highest BCUT2D eigenvalue weighted by atomic mass is 16.2. The van der Waals surface area contributed by atoms with Crippen LogP contribution in [0.15, 0.2) is 18.2 Å². The first-order valence-corrected chi connectivity index (χ1v) is 7.67. The molecule has 0 aliphatic rings. The number of anilines is 1. The van der Waals surface area contributed by atoms with Gasteiger partial charge in [-0.3, -0.25) is 14.5 Å². The van der Waals surface area contributed by atoms with E-state index in [0.717, 1.165) is 23.2 Å². The fourth-order valence-electron chi connectivity index (χ4n) is 2.16. The predicted molar refractivity (Wildman–Crippen MR) is 89.9 cm³/mol. The topological polar surface area (TPSA) is 61.4 Å². The van der Waals surface area contributed by atoms with Crippen molar-refractivity contribution in [2.24, 2.45) is 0 Å². The minimum atomic E-state index is -0.115. The summed E-state index contributed by atoms with van der Waals surface area (Å²) in [6, 6.07) is 6.05. The lowest BCUT2D eigenvalue weighted by atomic mass is 10.1. The average molecular weight is 305 g/mol. The number of carbonyl (C=O) groups is 2. The molecular formula is C17H27N3O2. The predicted octanol–water partition coefficient (Wildman–Crippen LogP) is 2.09. The van der Waals surface area contributed by atoms with Crippen LogP contribution in [-0.2, 0) is 9.59 Å². The molecule has 0 fully saturated rings. The lowest BCUT2D eigenvalue weighted by Gasteiger charge is -2.19. The highest BCUT2D eigenvalue weighted by Gasteiger charge is 2.13. The van der Waals surface area contributed by atoms with E-state index < -0.39 is 0 Å². The molecule has 0 bridgehead atoms. The van der Waals surface area contributed by atoms with Gasteiger partial charge in [-0.25, -0.2) is 0 Å². The Bertz CT molecular complexity index is 508. The van der Waals surface area contributed by atoms with Gasteiger partial charge in [0.2, 0.25) is 11.8 Å². The summed E-state index contributed by atoms with van der Waals surface area (Å²) in [7, 11) is 1.76. The lowest BCUT2D eigenvalue weighted by molar-refractivity contribution is -0.123. The Hall–Kier alpha value is -1.88. The molecule has 1 aromatic carbocycles. The minimum absolute atomic E-state index is 0.0586. The van der Waals surface area contributed by atoms with Gasteiger partial charge in [-0.1, -0.05) is 25.1 Å². The van der Waals surface area contributed by atoms with Crippen LogP contribution in [0.25, 0.3) is 0 Å². The van der Waals surface area contributed by atoms with Gasteiger partial charge in [0.25, 0.3) is 0 Å². The number of aryl methyl sites for hydroxylation is 2. The van der Waals surface area contributed by atoms with E-state index in [1.807, 2.05) is 45.9 Å². The van der Waals surface area contributed by atoms with Crippen LogP contribution in [-0.4, -0.2) is 42.9 Å². The average Bonchev–Trinajstić information content (AvgIpc) is 2.42. The molecule has 0 aromatic heterocycles. The van der Waals surface area contributed by atoms with E-state index in [9.17, 15) is 9.59 Å². The maximum Gasteiger partial charge on any atom is 0.238 e. The third-order valence-electron chi connectivity index (χ3n) is 3.59. The molecule has 0 aliphatic heterocycles. The van der Waals surface area contributed by atoms with Crippen molar-refractivity contribution in [2.45, 2.75) is 40.2 Å². The molecule has 0 saturated carbocycles. The van der Waals surface area contributed by atoms with Gasteiger partial charge in [0.15, 0.2) is 0 Å². The number of amides is 2. The SMILES string of the molecule is CC[C@@H](C)NC(=O)CN(C)CC(=O)Nc1c(C)cccc1C. The van der Waals surface area contributed by atoms with Gasteiger partial charge in [-0.15, -0.1) is 0 Å². The highest BCUT2D eigenvalue weighted by molar-refractivity contribution is 5.94. The highest BCUT2D eigenvalue weighted by Crippen LogP contribution is 2.19. The van der Waals surface area contributed by atoms with Gasteiger partial charge in [0.05, 0.1) is 13.1 Å². The summed E-state index contributed by atoms with van der Waals surface area (Å²) in [6.07, 6.45) is 0.891. The van der Waals surface area contributed by atoms with E-state index in [4.69, 9.17) is 0 Å². The monoisotopic (exact) mass is 305 g/mol. The van der Waals surface area contributed by atoms with Crippen LogP contribution < -0.4 is 10.6 Å². The zero-order valence-electron chi connectivity index (χ0n) is 14.2. The van der Waals surface area contributed by atoms with Crippen LogP contribution >= 0.6 is 0 Å². The number of hydrogen-bond acceptors (Lipinski definition) is 3. The molecule has 122 valence electrons. The van der Waals surface area contributed by atoms with Crippen molar-refractivity contribution >= 4 is 17.5 Å². The second-order valence-electron chi connectivity index (χ2n) is 5.86. The Morgan fingerprint density at radius 2 is 1.68 bits per heavy atom. The summed E-state index contributed by atoms with van der Waals surface area (Å²) >= 11 is 0. The molecule has 0 unspecified atom stereocenters. The molecule has 0 heterocycles. The summed E-state index contributed by atoms with van der Waals surface area (Å²) < 4.78 is 0. The van der Waals surface area contributed by atoms with E-state index in [0.29, 0.717) is 0 Å². The number of hydrogen-bond donors (Lipinski definition) is 2. The molecule has 2 N–H and O–H groups in total. The van der Waals surface area contributed by atoms with Gasteiger partial charge in [-0.05, 0) is 45.4 Å². The Morgan fingerprint density at radius 3 is 2.23 bits per heavy atom. The number of nitrogens with zero attached hydrogens (tertiary/aromatic N) is 1. The third-order valence-corrected chi connectivity index (χ3v) is 3.59. The van der Waals surface area contributed by atoms with Gasteiger partial charge in [0.1, 0.15) is 0 Å². The molecule has 1 rings (SSSR count). The van der Waals surface area contributed by atoms with Crippen molar-refractivity contribution in [3.63, 3.8) is 0 Å². The fourth-order valence-corrected chi connectivity index (χ4v) is 2.16. The summed E-state index contributed by atoms with van der Waals surface area (Å²) in [6.45, 7) is 8.31. The lowest BCUT2D eigenvalue weighted by Crippen LogP contribution is -2.41. The molecule has 0 radical (unpaired) electrons. The molecule has 5 nitrogen and oxygen atoms in total. The molecule has 0 aliphatic carbocycles. The number of likely N-dealkylation sites (N-methyl/N-ethyl adjacent to an activating group) is 1. The summed E-state index contributed by atoms with van der Waals surface area (Å²) in [4.78, 5) is 25.6. The number of benzene rings is 1. The molecule has 1 aromatic rings. The zero-order chi connectivity index (χ0) is 16.7. The van der Waals surface area contributed by atoms with Gasteiger partial charge in [-0.2, -0.15) is 0 Å². The van der Waals surface area contributed by atoms with Crippen LogP contribution in [0.5, 0.6) is 0 Å². The maximum atomic E-state index is 12.1. The minimum Gasteiger partial charge on any atom is -0.353 e. The Balaban J connectivity index is 2.49. The van der Waals surface area contributed by atoms with Gasteiger partial charge < -0.3 is 10.6 Å². The first kappa shape index (κ1) is 18.2.